The number of aryl methyl sites for hydroxylation is 1. The molecule has 1 aliphatic rings. The van der Waals surface area contributed by atoms with Crippen LogP contribution in [0.5, 0.6) is 17.2 Å². The van der Waals surface area contributed by atoms with E-state index in [4.69, 9.17) is 18.7 Å². The molecular weight excluding hydrogens is 454 g/mol. The van der Waals surface area contributed by atoms with Gasteiger partial charge in [0.05, 0.1) is 11.3 Å². The molecular formula is C25H21N3O5S. The summed E-state index contributed by atoms with van der Waals surface area (Å²) in [6.45, 7) is 2.40. The lowest BCUT2D eigenvalue weighted by atomic mass is 10.2. The van der Waals surface area contributed by atoms with E-state index in [1.807, 2.05) is 49.4 Å². The molecule has 0 saturated carbocycles. The Labute approximate surface area is 200 Å². The lowest BCUT2D eigenvalue weighted by Crippen LogP contribution is -2.14. The summed E-state index contributed by atoms with van der Waals surface area (Å²) in [6.07, 6.45) is 1.67. The zero-order valence-corrected chi connectivity index (χ0v) is 19.1. The van der Waals surface area contributed by atoms with E-state index in [9.17, 15) is 4.79 Å². The van der Waals surface area contributed by atoms with Crippen molar-refractivity contribution in [3.05, 3.63) is 89.4 Å². The maximum Gasteiger partial charge on any atom is 0.258 e. The number of pyridine rings is 1. The summed E-state index contributed by atoms with van der Waals surface area (Å²) in [7, 11) is 0. The van der Waals surface area contributed by atoms with Gasteiger partial charge in [0.2, 0.25) is 6.79 Å². The SMILES string of the molecule is Cc1cc(CSc2ncccc2C(=O)Nc2cccc(COc3ccc4c(c3)OCO4)c2)no1. The molecule has 0 aliphatic carbocycles. The fourth-order valence-corrected chi connectivity index (χ4v) is 4.25. The summed E-state index contributed by atoms with van der Waals surface area (Å²) in [5.41, 5.74) is 2.88. The van der Waals surface area contributed by atoms with Crippen LogP contribution in [-0.2, 0) is 12.4 Å². The standard InChI is InChI=1S/C25H21N3O5S/c1-16-10-19(28-33-16)14-34-25-21(6-3-9-26-25)24(29)27-18-5-2-4-17(11-18)13-30-20-7-8-22-23(12-20)32-15-31-22/h2-12H,13-15H2,1H3,(H,27,29). The number of nitrogens with one attached hydrogen (secondary N) is 1. The van der Waals surface area contributed by atoms with Gasteiger partial charge in [0.15, 0.2) is 11.5 Å². The number of hydrogen-bond acceptors (Lipinski definition) is 8. The first-order chi connectivity index (χ1) is 16.6. The van der Waals surface area contributed by atoms with E-state index >= 15 is 0 Å². The first-order valence-corrected chi connectivity index (χ1v) is 11.6. The summed E-state index contributed by atoms with van der Waals surface area (Å²) in [4.78, 5) is 17.4. The summed E-state index contributed by atoms with van der Waals surface area (Å²) < 4.78 is 21.7. The number of benzene rings is 2. The summed E-state index contributed by atoms with van der Waals surface area (Å²) in [6, 6.07) is 18.4. The van der Waals surface area contributed by atoms with Crippen molar-refractivity contribution < 1.29 is 23.5 Å². The van der Waals surface area contributed by atoms with E-state index in [-0.39, 0.29) is 12.7 Å². The van der Waals surface area contributed by atoms with Crippen molar-refractivity contribution in [1.82, 2.24) is 10.1 Å². The second kappa shape index (κ2) is 9.88. The average molecular weight is 476 g/mol. The van der Waals surface area contributed by atoms with E-state index < -0.39 is 0 Å². The minimum Gasteiger partial charge on any atom is -0.489 e. The van der Waals surface area contributed by atoms with Crippen LogP contribution in [0, 0.1) is 6.92 Å². The number of carbonyl (C=O) groups excluding carboxylic acids is 1. The van der Waals surface area contributed by atoms with Crippen molar-refractivity contribution in [3.63, 3.8) is 0 Å². The molecule has 0 spiro atoms. The van der Waals surface area contributed by atoms with Gasteiger partial charge < -0.3 is 24.1 Å². The molecule has 9 heteroatoms. The van der Waals surface area contributed by atoms with Gasteiger partial charge in [-0.15, -0.1) is 0 Å². The van der Waals surface area contributed by atoms with Gasteiger partial charge in [0, 0.05) is 29.8 Å². The predicted molar refractivity (Wildman–Crippen MR) is 126 cm³/mol. The molecule has 3 heterocycles. The Morgan fingerprint density at radius 1 is 1.09 bits per heavy atom. The number of aromatic nitrogens is 2. The van der Waals surface area contributed by atoms with Crippen LogP contribution in [0.25, 0.3) is 0 Å². The molecule has 2 aromatic heterocycles. The zero-order valence-electron chi connectivity index (χ0n) is 18.3. The van der Waals surface area contributed by atoms with E-state index in [0.29, 0.717) is 45.9 Å². The second-order valence-corrected chi connectivity index (χ2v) is 8.50. The van der Waals surface area contributed by atoms with Crippen LogP contribution in [0.1, 0.15) is 27.4 Å². The monoisotopic (exact) mass is 475 g/mol. The third-order valence-corrected chi connectivity index (χ3v) is 6.02. The van der Waals surface area contributed by atoms with Crippen LogP contribution >= 0.6 is 11.8 Å². The maximum absolute atomic E-state index is 13.0. The highest BCUT2D eigenvalue weighted by molar-refractivity contribution is 7.98. The van der Waals surface area contributed by atoms with Gasteiger partial charge in [-0.2, -0.15) is 0 Å². The molecule has 1 amide bonds. The van der Waals surface area contributed by atoms with Crippen molar-refractivity contribution in [2.24, 2.45) is 0 Å². The van der Waals surface area contributed by atoms with Crippen molar-refractivity contribution in [2.45, 2.75) is 24.3 Å². The third kappa shape index (κ3) is 5.15. The van der Waals surface area contributed by atoms with Crippen LogP contribution in [0.2, 0.25) is 0 Å². The van der Waals surface area contributed by atoms with Crippen LogP contribution < -0.4 is 19.5 Å². The number of thioether (sulfide) groups is 1. The molecule has 0 unspecified atom stereocenters. The molecule has 1 aliphatic heterocycles. The quantitative estimate of drug-likeness (QED) is 0.346. The number of rotatable bonds is 8. The van der Waals surface area contributed by atoms with Crippen molar-refractivity contribution in [3.8, 4) is 17.2 Å². The van der Waals surface area contributed by atoms with Gasteiger partial charge in [-0.3, -0.25) is 4.79 Å². The Balaban J connectivity index is 1.22. The maximum atomic E-state index is 13.0. The fraction of sp³-hybridized carbons (Fsp3) is 0.160. The predicted octanol–water partition coefficient (Wildman–Crippen LogP) is 5.23. The topological polar surface area (TPSA) is 95.7 Å². The molecule has 2 aromatic carbocycles. The number of fused-ring (bicyclic) bond motifs is 1. The number of ether oxygens (including phenoxy) is 3. The molecule has 5 rings (SSSR count). The van der Waals surface area contributed by atoms with Crippen LogP contribution in [0.15, 0.2) is 76.4 Å². The normalized spacial score (nSPS) is 11.9. The fourth-order valence-electron chi connectivity index (χ4n) is 3.38. The van der Waals surface area contributed by atoms with E-state index in [2.05, 4.69) is 15.5 Å². The molecule has 0 fully saturated rings. The molecule has 4 aromatic rings. The lowest BCUT2D eigenvalue weighted by Gasteiger charge is -2.11. The summed E-state index contributed by atoms with van der Waals surface area (Å²) in [5.74, 6) is 3.13. The minimum atomic E-state index is -0.235. The van der Waals surface area contributed by atoms with Gasteiger partial charge in [-0.25, -0.2) is 4.98 Å². The first kappa shape index (κ1) is 21.8. The Kier molecular flexibility index (Phi) is 6.35. The summed E-state index contributed by atoms with van der Waals surface area (Å²) >= 11 is 1.44. The van der Waals surface area contributed by atoms with Crippen LogP contribution in [0.3, 0.4) is 0 Å². The van der Waals surface area contributed by atoms with Crippen molar-refractivity contribution >= 4 is 23.4 Å². The van der Waals surface area contributed by atoms with Gasteiger partial charge >= 0.3 is 0 Å². The highest BCUT2D eigenvalue weighted by Gasteiger charge is 2.15. The first-order valence-electron chi connectivity index (χ1n) is 10.6. The van der Waals surface area contributed by atoms with Gasteiger partial charge in [-0.1, -0.05) is 29.1 Å². The van der Waals surface area contributed by atoms with E-state index in [1.165, 1.54) is 11.8 Å². The number of hydrogen-bond donors (Lipinski definition) is 1. The van der Waals surface area contributed by atoms with Crippen molar-refractivity contribution in [1.29, 1.82) is 0 Å². The molecule has 1 N–H and O–H groups in total. The smallest absolute Gasteiger partial charge is 0.258 e. The van der Waals surface area contributed by atoms with Gasteiger partial charge in [0.1, 0.15) is 23.1 Å². The van der Waals surface area contributed by atoms with E-state index in [1.54, 1.807) is 24.4 Å². The summed E-state index contributed by atoms with van der Waals surface area (Å²) in [5, 5.41) is 7.57. The number of anilines is 1. The molecule has 0 radical (unpaired) electrons. The van der Waals surface area contributed by atoms with Gasteiger partial charge in [-0.05, 0) is 48.9 Å². The Bertz CT molecular complexity index is 1320. The molecule has 0 saturated heterocycles. The van der Waals surface area contributed by atoms with Crippen LogP contribution in [0.4, 0.5) is 5.69 Å². The zero-order chi connectivity index (χ0) is 23.3. The molecule has 0 atom stereocenters. The third-order valence-electron chi connectivity index (χ3n) is 4.98. The second-order valence-electron chi connectivity index (χ2n) is 7.53. The molecule has 0 bridgehead atoms. The average Bonchev–Trinajstić information content (AvgIpc) is 3.50. The number of nitrogens with zero attached hydrogens (tertiary/aromatic N) is 2. The number of carbonyl (C=O) groups is 1. The molecule has 8 nitrogen and oxygen atoms in total. The number of amides is 1. The van der Waals surface area contributed by atoms with Gasteiger partial charge in [0.25, 0.3) is 5.91 Å². The molecule has 34 heavy (non-hydrogen) atoms. The Hall–Kier alpha value is -3.98. The van der Waals surface area contributed by atoms with Crippen LogP contribution in [-0.4, -0.2) is 22.8 Å². The largest absolute Gasteiger partial charge is 0.489 e. The Morgan fingerprint density at radius 2 is 2.00 bits per heavy atom. The van der Waals surface area contributed by atoms with E-state index in [0.717, 1.165) is 17.0 Å². The van der Waals surface area contributed by atoms with Crippen molar-refractivity contribution in [2.75, 3.05) is 12.1 Å². The minimum absolute atomic E-state index is 0.220. The Morgan fingerprint density at radius 3 is 2.88 bits per heavy atom. The highest BCUT2D eigenvalue weighted by atomic mass is 32.2. The highest BCUT2D eigenvalue weighted by Crippen LogP contribution is 2.35. The lowest BCUT2D eigenvalue weighted by molar-refractivity contribution is 0.102. The molecule has 172 valence electrons.